The molecule has 2 aromatic rings. The standard InChI is InChI=1S/C27H32ClFN2O4/c28-22-7-4-21(5-8-22)6-13-25(32)31-16-17-35-27(19-31,18-26(33)30-14-2-1-3-15-30)20-34-24-11-9-23(29)10-12-24/h4-5,7-12H,1-3,6,13-20H2. The van der Waals surface area contributed by atoms with Crippen molar-refractivity contribution in [1.29, 1.82) is 0 Å². The van der Waals surface area contributed by atoms with Crippen molar-refractivity contribution < 1.29 is 23.5 Å². The van der Waals surface area contributed by atoms with E-state index in [-0.39, 0.29) is 37.2 Å². The number of morpholine rings is 1. The number of ether oxygens (including phenoxy) is 2. The van der Waals surface area contributed by atoms with Gasteiger partial charge in [-0.3, -0.25) is 9.59 Å². The fourth-order valence-electron chi connectivity index (χ4n) is 4.64. The summed E-state index contributed by atoms with van der Waals surface area (Å²) in [5.74, 6) is 0.174. The molecule has 0 aromatic heterocycles. The molecule has 2 aliphatic rings. The molecule has 2 saturated heterocycles. The van der Waals surface area contributed by atoms with Gasteiger partial charge in [0.05, 0.1) is 19.6 Å². The Hall–Kier alpha value is -2.64. The van der Waals surface area contributed by atoms with E-state index in [0.717, 1.165) is 37.9 Å². The number of carbonyl (C=O) groups is 2. The molecule has 0 radical (unpaired) electrons. The topological polar surface area (TPSA) is 59.1 Å². The minimum absolute atomic E-state index is 0.0137. The quantitative estimate of drug-likeness (QED) is 0.533. The number of nitrogens with zero attached hydrogens (tertiary/aromatic N) is 2. The van der Waals surface area contributed by atoms with Crippen molar-refractivity contribution in [3.05, 3.63) is 64.9 Å². The average Bonchev–Trinajstić information content (AvgIpc) is 2.88. The molecule has 0 spiro atoms. The number of halogens is 2. The summed E-state index contributed by atoms with van der Waals surface area (Å²) in [6, 6.07) is 13.2. The lowest BCUT2D eigenvalue weighted by atomic mass is 9.95. The number of likely N-dealkylation sites (tertiary alicyclic amines) is 1. The SMILES string of the molecule is O=C(CC1(COc2ccc(F)cc2)CN(C(=O)CCc2ccc(Cl)cc2)CCO1)N1CCCCC1. The second kappa shape index (κ2) is 11.9. The van der Waals surface area contributed by atoms with Gasteiger partial charge in [0.1, 0.15) is 23.8 Å². The highest BCUT2D eigenvalue weighted by molar-refractivity contribution is 6.30. The van der Waals surface area contributed by atoms with E-state index in [1.165, 1.54) is 12.1 Å². The van der Waals surface area contributed by atoms with Crippen LogP contribution in [-0.2, 0) is 20.7 Å². The van der Waals surface area contributed by atoms with Crippen LogP contribution in [0.4, 0.5) is 4.39 Å². The van der Waals surface area contributed by atoms with Gasteiger partial charge in [-0.1, -0.05) is 23.7 Å². The molecule has 8 heteroatoms. The van der Waals surface area contributed by atoms with E-state index in [4.69, 9.17) is 21.1 Å². The third kappa shape index (κ3) is 7.18. The zero-order chi connectivity index (χ0) is 24.7. The molecule has 35 heavy (non-hydrogen) atoms. The Bertz CT molecular complexity index is 995. The molecule has 1 unspecified atom stereocenters. The van der Waals surface area contributed by atoms with Crippen LogP contribution in [-0.4, -0.2) is 66.6 Å². The minimum Gasteiger partial charge on any atom is -0.490 e. The van der Waals surface area contributed by atoms with Gasteiger partial charge in [-0.15, -0.1) is 0 Å². The molecule has 2 fully saturated rings. The van der Waals surface area contributed by atoms with Crippen molar-refractivity contribution in [3.63, 3.8) is 0 Å². The molecule has 188 valence electrons. The number of piperidine rings is 1. The first-order chi connectivity index (χ1) is 16.9. The number of hydrogen-bond donors (Lipinski definition) is 0. The first kappa shape index (κ1) is 25.5. The van der Waals surface area contributed by atoms with Crippen molar-refractivity contribution in [1.82, 2.24) is 9.80 Å². The third-order valence-corrected chi connectivity index (χ3v) is 6.89. The molecule has 2 aromatic carbocycles. The number of hydrogen-bond acceptors (Lipinski definition) is 4. The third-order valence-electron chi connectivity index (χ3n) is 6.64. The molecule has 2 amide bonds. The molecule has 4 rings (SSSR count). The van der Waals surface area contributed by atoms with E-state index in [1.54, 1.807) is 17.0 Å². The number of rotatable bonds is 8. The van der Waals surface area contributed by atoms with Crippen LogP contribution < -0.4 is 4.74 Å². The summed E-state index contributed by atoms with van der Waals surface area (Å²) in [7, 11) is 0. The number of benzene rings is 2. The molecule has 2 heterocycles. The van der Waals surface area contributed by atoms with Crippen LogP contribution in [0.3, 0.4) is 0 Å². The van der Waals surface area contributed by atoms with Gasteiger partial charge in [-0.05, 0) is 67.6 Å². The van der Waals surface area contributed by atoms with Gasteiger partial charge >= 0.3 is 0 Å². The maximum atomic E-state index is 13.3. The minimum atomic E-state index is -0.961. The summed E-state index contributed by atoms with van der Waals surface area (Å²) in [6.45, 7) is 2.66. The first-order valence-electron chi connectivity index (χ1n) is 12.2. The van der Waals surface area contributed by atoms with Crippen molar-refractivity contribution >= 4 is 23.4 Å². The predicted octanol–water partition coefficient (Wildman–Crippen LogP) is 4.49. The van der Waals surface area contributed by atoms with E-state index in [9.17, 15) is 14.0 Å². The molecule has 1 atom stereocenters. The zero-order valence-electron chi connectivity index (χ0n) is 19.9. The van der Waals surface area contributed by atoms with Crippen LogP contribution in [0, 0.1) is 5.82 Å². The van der Waals surface area contributed by atoms with Gasteiger partial charge in [0.15, 0.2) is 0 Å². The molecule has 0 saturated carbocycles. The number of aryl methyl sites for hydroxylation is 1. The zero-order valence-corrected chi connectivity index (χ0v) is 20.6. The summed E-state index contributed by atoms with van der Waals surface area (Å²) < 4.78 is 25.4. The van der Waals surface area contributed by atoms with E-state index < -0.39 is 5.60 Å². The van der Waals surface area contributed by atoms with Gasteiger partial charge in [0.25, 0.3) is 0 Å². The van der Waals surface area contributed by atoms with E-state index in [1.807, 2.05) is 29.2 Å². The van der Waals surface area contributed by atoms with E-state index in [0.29, 0.717) is 36.8 Å². The van der Waals surface area contributed by atoms with Crippen molar-refractivity contribution in [2.45, 2.75) is 44.1 Å². The lowest BCUT2D eigenvalue weighted by Crippen LogP contribution is -2.58. The van der Waals surface area contributed by atoms with Crippen LogP contribution in [0.2, 0.25) is 5.02 Å². The van der Waals surface area contributed by atoms with Crippen LogP contribution in [0.25, 0.3) is 0 Å². The Morgan fingerprint density at radius 2 is 1.66 bits per heavy atom. The maximum Gasteiger partial charge on any atom is 0.225 e. The monoisotopic (exact) mass is 502 g/mol. The van der Waals surface area contributed by atoms with Crippen molar-refractivity contribution in [2.24, 2.45) is 0 Å². The van der Waals surface area contributed by atoms with Crippen LogP contribution in [0.5, 0.6) is 5.75 Å². The molecule has 6 nitrogen and oxygen atoms in total. The molecule has 0 aliphatic carbocycles. The molecule has 2 aliphatic heterocycles. The van der Waals surface area contributed by atoms with E-state index in [2.05, 4.69) is 0 Å². The van der Waals surface area contributed by atoms with Gasteiger partial charge in [-0.2, -0.15) is 0 Å². The summed E-state index contributed by atoms with van der Waals surface area (Å²) in [4.78, 5) is 29.9. The fourth-order valence-corrected chi connectivity index (χ4v) is 4.77. The van der Waals surface area contributed by atoms with Crippen LogP contribution >= 0.6 is 11.6 Å². The van der Waals surface area contributed by atoms with Gasteiger partial charge in [0.2, 0.25) is 11.8 Å². The van der Waals surface area contributed by atoms with Crippen LogP contribution in [0.1, 0.15) is 37.7 Å². The number of carbonyl (C=O) groups excluding carboxylic acids is 2. The van der Waals surface area contributed by atoms with Gasteiger partial charge in [-0.25, -0.2) is 4.39 Å². The summed E-state index contributed by atoms with van der Waals surface area (Å²) in [5, 5.41) is 0.664. The second-order valence-corrected chi connectivity index (χ2v) is 9.77. The second-order valence-electron chi connectivity index (χ2n) is 9.33. The maximum absolute atomic E-state index is 13.3. The van der Waals surface area contributed by atoms with E-state index >= 15 is 0 Å². The lowest BCUT2D eigenvalue weighted by molar-refractivity contribution is -0.166. The Morgan fingerprint density at radius 3 is 2.37 bits per heavy atom. The Kier molecular flexibility index (Phi) is 8.63. The normalized spacial score (nSPS) is 20.5. The summed E-state index contributed by atoms with van der Waals surface area (Å²) in [5.41, 5.74) is 0.0825. The Morgan fingerprint density at radius 1 is 0.943 bits per heavy atom. The highest BCUT2D eigenvalue weighted by Crippen LogP contribution is 2.27. The van der Waals surface area contributed by atoms with Crippen molar-refractivity contribution in [3.8, 4) is 5.75 Å². The Labute approximate surface area is 210 Å². The predicted molar refractivity (Wildman–Crippen MR) is 132 cm³/mol. The molecular weight excluding hydrogens is 471 g/mol. The molecule has 0 N–H and O–H groups in total. The van der Waals surface area contributed by atoms with Crippen molar-refractivity contribution in [2.75, 3.05) is 39.4 Å². The lowest BCUT2D eigenvalue weighted by Gasteiger charge is -2.43. The molecule has 0 bridgehead atoms. The van der Waals surface area contributed by atoms with Crippen LogP contribution in [0.15, 0.2) is 48.5 Å². The van der Waals surface area contributed by atoms with Gasteiger partial charge < -0.3 is 19.3 Å². The summed E-state index contributed by atoms with van der Waals surface area (Å²) in [6.07, 6.45) is 4.24. The Balaban J connectivity index is 1.43. The smallest absolute Gasteiger partial charge is 0.225 e. The largest absolute Gasteiger partial charge is 0.490 e. The number of amides is 2. The molecular formula is C27H32ClFN2O4. The first-order valence-corrected chi connectivity index (χ1v) is 12.6. The van der Waals surface area contributed by atoms with Gasteiger partial charge in [0, 0.05) is 31.1 Å². The fraction of sp³-hybridized carbons (Fsp3) is 0.481. The summed E-state index contributed by atoms with van der Waals surface area (Å²) >= 11 is 5.96. The highest BCUT2D eigenvalue weighted by Gasteiger charge is 2.42. The average molecular weight is 503 g/mol. The highest BCUT2D eigenvalue weighted by atomic mass is 35.5.